The minimum Gasteiger partial charge on any atom is -0.373 e. The molecule has 0 aromatic rings. The lowest BCUT2D eigenvalue weighted by atomic mass is 9.98. The van der Waals surface area contributed by atoms with Crippen LogP contribution in [0.25, 0.3) is 0 Å². The van der Waals surface area contributed by atoms with Gasteiger partial charge in [0.2, 0.25) is 0 Å². The van der Waals surface area contributed by atoms with E-state index in [1.165, 1.54) is 4.31 Å². The molecule has 7 heteroatoms. The maximum Gasteiger partial charge on any atom is 0.280 e. The van der Waals surface area contributed by atoms with Crippen molar-refractivity contribution in [1.82, 2.24) is 9.03 Å². The average Bonchev–Trinajstić information content (AvgIpc) is 3.11. The highest BCUT2D eigenvalue weighted by molar-refractivity contribution is 7.87. The number of ether oxygens (including phenoxy) is 1. The van der Waals surface area contributed by atoms with E-state index in [-0.39, 0.29) is 12.2 Å². The fraction of sp³-hybridized carbons (Fsp3) is 1.00. The zero-order chi connectivity index (χ0) is 14.3. The van der Waals surface area contributed by atoms with E-state index in [1.54, 1.807) is 0 Å². The molecule has 1 aliphatic heterocycles. The summed E-state index contributed by atoms with van der Waals surface area (Å²) in [5.41, 5.74) is 5.24. The molecule has 19 heavy (non-hydrogen) atoms. The molecule has 3 N–H and O–H groups in total. The van der Waals surface area contributed by atoms with E-state index in [0.717, 1.165) is 12.8 Å². The minimum absolute atomic E-state index is 0.0783. The Hall–Kier alpha value is -0.210. The van der Waals surface area contributed by atoms with Gasteiger partial charge in [-0.05, 0) is 39.5 Å². The molecule has 0 amide bonds. The molecule has 2 fully saturated rings. The fourth-order valence-corrected chi connectivity index (χ4v) is 4.48. The van der Waals surface area contributed by atoms with Crippen LogP contribution < -0.4 is 10.5 Å². The molecule has 1 saturated heterocycles. The van der Waals surface area contributed by atoms with Crippen molar-refractivity contribution in [3.05, 3.63) is 0 Å². The zero-order valence-corrected chi connectivity index (χ0v) is 12.7. The SMILES string of the molecule is CC1CN(S(=O)(=O)NC(C)(CN)C2CC2)CC(C)O1. The molecular weight excluding hydrogens is 266 g/mol. The predicted molar refractivity (Wildman–Crippen MR) is 73.8 cm³/mol. The molecule has 1 aliphatic carbocycles. The van der Waals surface area contributed by atoms with Gasteiger partial charge in [0.05, 0.1) is 12.2 Å². The summed E-state index contributed by atoms with van der Waals surface area (Å²) in [5, 5.41) is 0. The molecule has 6 nitrogen and oxygen atoms in total. The normalized spacial score (nSPS) is 33.1. The van der Waals surface area contributed by atoms with Gasteiger partial charge in [0, 0.05) is 25.2 Å². The molecule has 0 radical (unpaired) electrons. The molecule has 3 unspecified atom stereocenters. The number of morpholine rings is 1. The monoisotopic (exact) mass is 291 g/mol. The van der Waals surface area contributed by atoms with Crippen molar-refractivity contribution in [3.63, 3.8) is 0 Å². The van der Waals surface area contributed by atoms with E-state index in [4.69, 9.17) is 10.5 Å². The van der Waals surface area contributed by atoms with Gasteiger partial charge in [-0.25, -0.2) is 0 Å². The average molecular weight is 291 g/mol. The Balaban J connectivity index is 2.09. The summed E-state index contributed by atoms with van der Waals surface area (Å²) in [6, 6.07) is 0. The third-order valence-corrected chi connectivity index (χ3v) is 5.69. The van der Waals surface area contributed by atoms with Crippen LogP contribution in [0.1, 0.15) is 33.6 Å². The topological polar surface area (TPSA) is 84.7 Å². The van der Waals surface area contributed by atoms with Gasteiger partial charge in [-0.15, -0.1) is 0 Å². The molecule has 0 bridgehead atoms. The maximum atomic E-state index is 12.5. The van der Waals surface area contributed by atoms with Crippen LogP contribution in [-0.4, -0.2) is 50.1 Å². The van der Waals surface area contributed by atoms with E-state index in [1.807, 2.05) is 20.8 Å². The molecule has 1 heterocycles. The first kappa shape index (κ1) is 15.2. The predicted octanol–water partition coefficient (Wildman–Crippen LogP) is 0.0574. The molecule has 2 aliphatic rings. The Morgan fingerprint density at radius 1 is 1.32 bits per heavy atom. The smallest absolute Gasteiger partial charge is 0.280 e. The summed E-state index contributed by atoms with van der Waals surface area (Å²) < 4.78 is 34.8. The summed E-state index contributed by atoms with van der Waals surface area (Å²) >= 11 is 0. The molecule has 0 spiro atoms. The molecule has 1 saturated carbocycles. The summed E-state index contributed by atoms with van der Waals surface area (Å²) in [5.74, 6) is 0.364. The Morgan fingerprint density at radius 2 is 1.84 bits per heavy atom. The standard InChI is InChI=1S/C12H25N3O3S/c1-9-6-15(7-10(2)18-9)19(16,17)14-12(3,8-13)11-4-5-11/h9-11,14H,4-8,13H2,1-3H3. The fourth-order valence-electron chi connectivity index (χ4n) is 2.70. The molecule has 2 rings (SSSR count). The van der Waals surface area contributed by atoms with Crippen molar-refractivity contribution in [2.45, 2.75) is 51.4 Å². The molecule has 3 atom stereocenters. The lowest BCUT2D eigenvalue weighted by Crippen LogP contribution is -2.59. The van der Waals surface area contributed by atoms with Crippen LogP contribution in [0.5, 0.6) is 0 Å². The number of nitrogens with zero attached hydrogens (tertiary/aromatic N) is 1. The van der Waals surface area contributed by atoms with Crippen molar-refractivity contribution >= 4 is 10.2 Å². The molecule has 112 valence electrons. The van der Waals surface area contributed by atoms with Crippen LogP contribution in [0.4, 0.5) is 0 Å². The third-order valence-electron chi connectivity index (χ3n) is 3.99. The number of hydrogen-bond donors (Lipinski definition) is 2. The summed E-state index contributed by atoms with van der Waals surface area (Å²) in [7, 11) is -3.50. The minimum atomic E-state index is -3.50. The number of hydrogen-bond acceptors (Lipinski definition) is 4. The van der Waals surface area contributed by atoms with Crippen LogP contribution in [0.2, 0.25) is 0 Å². The Labute approximate surface area is 115 Å². The highest BCUT2D eigenvalue weighted by atomic mass is 32.2. The second kappa shape index (κ2) is 5.29. The zero-order valence-electron chi connectivity index (χ0n) is 11.9. The number of rotatable bonds is 5. The quantitative estimate of drug-likeness (QED) is 0.750. The highest BCUT2D eigenvalue weighted by Gasteiger charge is 2.45. The van der Waals surface area contributed by atoms with Gasteiger partial charge in [0.1, 0.15) is 0 Å². The van der Waals surface area contributed by atoms with Gasteiger partial charge in [-0.2, -0.15) is 17.4 Å². The molecular formula is C12H25N3O3S. The van der Waals surface area contributed by atoms with E-state index in [9.17, 15) is 8.42 Å². The van der Waals surface area contributed by atoms with Crippen molar-refractivity contribution in [1.29, 1.82) is 0 Å². The number of nitrogens with one attached hydrogen (secondary N) is 1. The van der Waals surface area contributed by atoms with E-state index < -0.39 is 15.7 Å². The van der Waals surface area contributed by atoms with E-state index in [2.05, 4.69) is 4.72 Å². The van der Waals surface area contributed by atoms with Crippen LogP contribution in [0, 0.1) is 5.92 Å². The van der Waals surface area contributed by atoms with E-state index in [0.29, 0.717) is 25.6 Å². The third kappa shape index (κ3) is 3.46. The number of nitrogens with two attached hydrogens (primary N) is 1. The first-order valence-corrected chi connectivity index (χ1v) is 8.35. The first-order valence-electron chi connectivity index (χ1n) is 6.91. The van der Waals surface area contributed by atoms with Crippen molar-refractivity contribution in [2.75, 3.05) is 19.6 Å². The van der Waals surface area contributed by atoms with Crippen molar-refractivity contribution < 1.29 is 13.2 Å². The van der Waals surface area contributed by atoms with Gasteiger partial charge in [-0.1, -0.05) is 0 Å². The lowest BCUT2D eigenvalue weighted by Gasteiger charge is -2.37. The van der Waals surface area contributed by atoms with Gasteiger partial charge in [-0.3, -0.25) is 0 Å². The lowest BCUT2D eigenvalue weighted by molar-refractivity contribution is -0.0446. The van der Waals surface area contributed by atoms with E-state index >= 15 is 0 Å². The largest absolute Gasteiger partial charge is 0.373 e. The highest BCUT2D eigenvalue weighted by Crippen LogP contribution is 2.39. The summed E-state index contributed by atoms with van der Waals surface area (Å²) in [6.45, 7) is 6.79. The Kier molecular flexibility index (Phi) is 4.23. The van der Waals surface area contributed by atoms with Crippen LogP contribution >= 0.6 is 0 Å². The first-order chi connectivity index (χ1) is 8.77. The van der Waals surface area contributed by atoms with Gasteiger partial charge in [0.15, 0.2) is 0 Å². The van der Waals surface area contributed by atoms with Gasteiger partial charge < -0.3 is 10.5 Å². The maximum absolute atomic E-state index is 12.5. The molecule has 0 aromatic heterocycles. The van der Waals surface area contributed by atoms with Gasteiger partial charge >= 0.3 is 0 Å². The second-order valence-electron chi connectivity index (χ2n) is 6.08. The summed E-state index contributed by atoms with van der Waals surface area (Å²) in [6.07, 6.45) is 1.94. The Bertz CT molecular complexity index is 414. The Morgan fingerprint density at radius 3 is 2.26 bits per heavy atom. The van der Waals surface area contributed by atoms with Crippen molar-refractivity contribution in [3.8, 4) is 0 Å². The van der Waals surface area contributed by atoms with Crippen molar-refractivity contribution in [2.24, 2.45) is 11.7 Å². The van der Waals surface area contributed by atoms with Crippen LogP contribution in [0.3, 0.4) is 0 Å². The van der Waals surface area contributed by atoms with Crippen LogP contribution in [0.15, 0.2) is 0 Å². The summed E-state index contributed by atoms with van der Waals surface area (Å²) in [4.78, 5) is 0. The van der Waals surface area contributed by atoms with Crippen LogP contribution in [-0.2, 0) is 14.9 Å². The molecule has 0 aromatic carbocycles. The van der Waals surface area contributed by atoms with Gasteiger partial charge in [0.25, 0.3) is 10.2 Å². The second-order valence-corrected chi connectivity index (χ2v) is 7.75.